The Labute approximate surface area is 141 Å². The highest BCUT2D eigenvalue weighted by Crippen LogP contribution is 2.29. The first-order valence-electron chi connectivity index (χ1n) is 7.17. The fourth-order valence-electron chi connectivity index (χ4n) is 2.04. The summed E-state index contributed by atoms with van der Waals surface area (Å²) in [5, 5.41) is 11.5. The molecule has 0 aromatic heterocycles. The zero-order chi connectivity index (χ0) is 18.6. The molecule has 0 radical (unpaired) electrons. The number of aromatic carboxylic acids is 1. The van der Waals surface area contributed by atoms with Gasteiger partial charge < -0.3 is 10.4 Å². The van der Waals surface area contributed by atoms with Crippen LogP contribution in [0.1, 0.15) is 28.4 Å². The number of carbonyl (C=O) groups is 2. The molecule has 0 unspecified atom stereocenters. The van der Waals surface area contributed by atoms with Gasteiger partial charge in [0.05, 0.1) is 11.1 Å². The van der Waals surface area contributed by atoms with Crippen LogP contribution in [0.5, 0.6) is 0 Å². The molecule has 0 aliphatic heterocycles. The van der Waals surface area contributed by atoms with Crippen LogP contribution in [0.2, 0.25) is 0 Å². The molecule has 0 aliphatic carbocycles. The van der Waals surface area contributed by atoms with Gasteiger partial charge in [0.1, 0.15) is 0 Å². The molecule has 0 heterocycles. The number of amides is 1. The van der Waals surface area contributed by atoms with E-state index in [4.69, 9.17) is 5.11 Å². The fourth-order valence-corrected chi connectivity index (χ4v) is 2.04. The molecule has 0 saturated heterocycles. The minimum Gasteiger partial charge on any atom is -0.478 e. The summed E-state index contributed by atoms with van der Waals surface area (Å²) in [6.45, 7) is 1.51. The SMILES string of the molecule is CC(=Cc1ccc(C(F)(F)F)cc1)C(=O)Nc1cccc(C(=O)O)c1. The van der Waals surface area contributed by atoms with Crippen LogP contribution >= 0.6 is 0 Å². The number of anilines is 1. The van der Waals surface area contributed by atoms with Crippen molar-refractivity contribution in [3.05, 3.63) is 70.8 Å². The number of halogens is 3. The number of benzene rings is 2. The van der Waals surface area contributed by atoms with Crippen LogP contribution in [0.3, 0.4) is 0 Å². The molecule has 1 amide bonds. The lowest BCUT2D eigenvalue weighted by Crippen LogP contribution is -2.13. The summed E-state index contributed by atoms with van der Waals surface area (Å²) in [5.41, 5.74) is 0.282. The van der Waals surface area contributed by atoms with Gasteiger partial charge in [-0.15, -0.1) is 0 Å². The molecule has 2 rings (SSSR count). The fraction of sp³-hybridized carbons (Fsp3) is 0.111. The van der Waals surface area contributed by atoms with E-state index in [-0.39, 0.29) is 11.1 Å². The average molecular weight is 349 g/mol. The van der Waals surface area contributed by atoms with Crippen molar-refractivity contribution in [2.45, 2.75) is 13.1 Å². The van der Waals surface area contributed by atoms with E-state index in [9.17, 15) is 22.8 Å². The van der Waals surface area contributed by atoms with Crippen LogP contribution in [0, 0.1) is 0 Å². The monoisotopic (exact) mass is 349 g/mol. The Morgan fingerprint density at radius 3 is 2.28 bits per heavy atom. The number of carbonyl (C=O) groups excluding carboxylic acids is 1. The van der Waals surface area contributed by atoms with Crippen molar-refractivity contribution < 1.29 is 27.9 Å². The van der Waals surface area contributed by atoms with Crippen LogP contribution in [0.4, 0.5) is 18.9 Å². The number of hydrogen-bond donors (Lipinski definition) is 2. The van der Waals surface area contributed by atoms with E-state index in [2.05, 4.69) is 5.32 Å². The summed E-state index contributed by atoms with van der Waals surface area (Å²) in [5.74, 6) is -1.60. The molecule has 2 aromatic carbocycles. The average Bonchev–Trinajstić information content (AvgIpc) is 2.54. The third kappa shape index (κ3) is 4.94. The lowest BCUT2D eigenvalue weighted by Gasteiger charge is -2.08. The van der Waals surface area contributed by atoms with E-state index in [1.165, 1.54) is 49.4 Å². The summed E-state index contributed by atoms with van der Waals surface area (Å²) in [6.07, 6.45) is -2.97. The van der Waals surface area contributed by atoms with Gasteiger partial charge in [-0.25, -0.2) is 4.79 Å². The van der Waals surface area contributed by atoms with Crippen molar-refractivity contribution in [2.24, 2.45) is 0 Å². The van der Waals surface area contributed by atoms with Crippen molar-refractivity contribution >= 4 is 23.6 Å². The van der Waals surface area contributed by atoms with Crippen LogP contribution in [-0.2, 0) is 11.0 Å². The van der Waals surface area contributed by atoms with E-state index < -0.39 is 23.6 Å². The Morgan fingerprint density at radius 2 is 1.72 bits per heavy atom. The van der Waals surface area contributed by atoms with Gasteiger partial charge >= 0.3 is 12.1 Å². The van der Waals surface area contributed by atoms with E-state index in [1.54, 1.807) is 0 Å². The van der Waals surface area contributed by atoms with Crippen molar-refractivity contribution in [1.29, 1.82) is 0 Å². The highest BCUT2D eigenvalue weighted by atomic mass is 19.4. The zero-order valence-corrected chi connectivity index (χ0v) is 13.1. The molecule has 7 heteroatoms. The smallest absolute Gasteiger partial charge is 0.416 e. The minimum atomic E-state index is -4.41. The highest BCUT2D eigenvalue weighted by molar-refractivity contribution is 6.06. The highest BCUT2D eigenvalue weighted by Gasteiger charge is 2.29. The van der Waals surface area contributed by atoms with Crippen LogP contribution in [0.25, 0.3) is 6.08 Å². The van der Waals surface area contributed by atoms with Crippen molar-refractivity contribution in [3.63, 3.8) is 0 Å². The number of nitrogens with one attached hydrogen (secondary N) is 1. The molecule has 130 valence electrons. The number of hydrogen-bond acceptors (Lipinski definition) is 2. The van der Waals surface area contributed by atoms with Crippen LogP contribution < -0.4 is 5.32 Å². The number of rotatable bonds is 4. The predicted molar refractivity (Wildman–Crippen MR) is 87.1 cm³/mol. The van der Waals surface area contributed by atoms with Crippen LogP contribution in [-0.4, -0.2) is 17.0 Å². The van der Waals surface area contributed by atoms with Crippen LogP contribution in [0.15, 0.2) is 54.1 Å². The molecule has 25 heavy (non-hydrogen) atoms. The second-order valence-corrected chi connectivity index (χ2v) is 5.29. The normalized spacial score (nSPS) is 11.9. The molecular formula is C18H14F3NO3. The summed E-state index contributed by atoms with van der Waals surface area (Å²) in [6, 6.07) is 10.1. The Balaban J connectivity index is 2.12. The molecular weight excluding hydrogens is 335 g/mol. The van der Waals surface area contributed by atoms with E-state index in [1.807, 2.05) is 0 Å². The maximum absolute atomic E-state index is 12.5. The predicted octanol–water partition coefficient (Wildman–Crippen LogP) is 4.45. The zero-order valence-electron chi connectivity index (χ0n) is 13.1. The van der Waals surface area contributed by atoms with Gasteiger partial charge in [0.2, 0.25) is 0 Å². The van der Waals surface area contributed by atoms with Gasteiger partial charge in [-0.05, 0) is 48.9 Å². The molecule has 2 aromatic rings. The summed E-state index contributed by atoms with van der Waals surface area (Å²) in [4.78, 5) is 23.0. The lowest BCUT2D eigenvalue weighted by molar-refractivity contribution is -0.137. The summed E-state index contributed by atoms with van der Waals surface area (Å²) in [7, 11) is 0. The van der Waals surface area contributed by atoms with Gasteiger partial charge in [-0.1, -0.05) is 18.2 Å². The molecule has 0 spiro atoms. The molecule has 0 bridgehead atoms. The largest absolute Gasteiger partial charge is 0.478 e. The van der Waals surface area contributed by atoms with E-state index in [0.717, 1.165) is 12.1 Å². The topological polar surface area (TPSA) is 66.4 Å². The third-order valence-corrected chi connectivity index (χ3v) is 3.35. The molecule has 0 fully saturated rings. The number of carboxylic acid groups (broad SMARTS) is 1. The Morgan fingerprint density at radius 1 is 1.08 bits per heavy atom. The van der Waals surface area contributed by atoms with Gasteiger partial charge in [0.15, 0.2) is 0 Å². The second kappa shape index (κ2) is 7.21. The van der Waals surface area contributed by atoms with Gasteiger partial charge in [0.25, 0.3) is 5.91 Å². The Bertz CT molecular complexity index is 824. The first kappa shape index (κ1) is 18.3. The van der Waals surface area contributed by atoms with Crippen molar-refractivity contribution in [1.82, 2.24) is 0 Å². The number of carboxylic acids is 1. The molecule has 0 saturated carbocycles. The van der Waals surface area contributed by atoms with Gasteiger partial charge in [-0.3, -0.25) is 4.79 Å². The molecule has 4 nitrogen and oxygen atoms in total. The molecule has 0 aliphatic rings. The molecule has 2 N–H and O–H groups in total. The van der Waals surface area contributed by atoms with Gasteiger partial charge in [-0.2, -0.15) is 13.2 Å². The first-order chi connectivity index (χ1) is 11.7. The number of alkyl halides is 3. The lowest BCUT2D eigenvalue weighted by atomic mass is 10.1. The molecule has 0 atom stereocenters. The summed E-state index contributed by atoms with van der Waals surface area (Å²) < 4.78 is 37.6. The quantitative estimate of drug-likeness (QED) is 0.802. The first-order valence-corrected chi connectivity index (χ1v) is 7.17. The van der Waals surface area contributed by atoms with Crippen molar-refractivity contribution in [3.8, 4) is 0 Å². The second-order valence-electron chi connectivity index (χ2n) is 5.29. The van der Waals surface area contributed by atoms with E-state index in [0.29, 0.717) is 11.3 Å². The Hall–Kier alpha value is -3.09. The Kier molecular flexibility index (Phi) is 5.26. The minimum absolute atomic E-state index is 0.0298. The maximum Gasteiger partial charge on any atom is 0.416 e. The van der Waals surface area contributed by atoms with Gasteiger partial charge in [0, 0.05) is 11.3 Å². The summed E-state index contributed by atoms with van der Waals surface area (Å²) >= 11 is 0. The van der Waals surface area contributed by atoms with E-state index >= 15 is 0 Å². The van der Waals surface area contributed by atoms with Crippen molar-refractivity contribution in [2.75, 3.05) is 5.32 Å². The third-order valence-electron chi connectivity index (χ3n) is 3.35. The standard InChI is InChI=1S/C18H14F3NO3/c1-11(9-12-5-7-14(8-6-12)18(19,20)21)16(23)22-15-4-2-3-13(10-15)17(24)25/h2-10H,1H3,(H,22,23)(H,24,25). The maximum atomic E-state index is 12.5.